The molecule has 1 aliphatic heterocycles. The molecule has 120 valence electrons. The van der Waals surface area contributed by atoms with Gasteiger partial charge in [-0.25, -0.2) is 0 Å². The number of amides is 2. The Labute approximate surface area is 144 Å². The topological polar surface area (TPSA) is 49.4 Å². The summed E-state index contributed by atoms with van der Waals surface area (Å²) >= 11 is 7.06. The highest BCUT2D eigenvalue weighted by atomic mass is 35.5. The van der Waals surface area contributed by atoms with Crippen LogP contribution in [-0.2, 0) is 4.79 Å². The van der Waals surface area contributed by atoms with E-state index in [2.05, 4.69) is 11.4 Å². The van der Waals surface area contributed by atoms with Crippen LogP contribution in [0.2, 0.25) is 4.34 Å². The van der Waals surface area contributed by atoms with Gasteiger partial charge in [0.15, 0.2) is 0 Å². The third kappa shape index (κ3) is 3.41. The van der Waals surface area contributed by atoms with E-state index in [1.807, 2.05) is 26.0 Å². The number of rotatable bonds is 3. The van der Waals surface area contributed by atoms with Gasteiger partial charge in [0.1, 0.15) is 6.04 Å². The van der Waals surface area contributed by atoms with Crippen LogP contribution < -0.4 is 10.2 Å². The molecule has 3 rings (SSSR count). The van der Waals surface area contributed by atoms with Crippen molar-refractivity contribution >= 4 is 40.4 Å². The third-order valence-corrected chi connectivity index (χ3v) is 5.06. The quantitative estimate of drug-likeness (QED) is 0.922. The Morgan fingerprint density at radius 2 is 1.96 bits per heavy atom. The highest BCUT2D eigenvalue weighted by Crippen LogP contribution is 2.25. The molecule has 4 nitrogen and oxygen atoms in total. The van der Waals surface area contributed by atoms with Crippen LogP contribution in [0, 0.1) is 13.8 Å². The standard InChI is InChI=1S/C17H17ClN2O2S/c1-10-7-11(2)9-12(8-10)20-6-5-13(17(20)22)19-16(21)14-3-4-15(18)23-14/h3-4,7-9,13H,5-6H2,1-2H3,(H,19,21)/t13-/m0/s1. The molecule has 0 bridgehead atoms. The van der Waals surface area contributed by atoms with E-state index >= 15 is 0 Å². The maximum absolute atomic E-state index is 12.6. The van der Waals surface area contributed by atoms with Crippen LogP contribution in [0.3, 0.4) is 0 Å². The van der Waals surface area contributed by atoms with Gasteiger partial charge >= 0.3 is 0 Å². The minimum absolute atomic E-state index is 0.0639. The fraction of sp³-hybridized carbons (Fsp3) is 0.294. The van der Waals surface area contributed by atoms with Gasteiger partial charge in [-0.15, -0.1) is 11.3 Å². The van der Waals surface area contributed by atoms with Crippen LogP contribution in [0.15, 0.2) is 30.3 Å². The zero-order valence-electron chi connectivity index (χ0n) is 12.9. The van der Waals surface area contributed by atoms with Crippen LogP contribution in [0.4, 0.5) is 5.69 Å². The van der Waals surface area contributed by atoms with Crippen molar-refractivity contribution in [3.8, 4) is 0 Å². The Kier molecular flexibility index (Phi) is 4.41. The molecule has 0 unspecified atom stereocenters. The van der Waals surface area contributed by atoms with E-state index in [9.17, 15) is 9.59 Å². The molecule has 1 aromatic heterocycles. The van der Waals surface area contributed by atoms with Crippen molar-refractivity contribution in [3.63, 3.8) is 0 Å². The minimum atomic E-state index is -0.482. The molecule has 1 atom stereocenters. The number of nitrogens with zero attached hydrogens (tertiary/aromatic N) is 1. The summed E-state index contributed by atoms with van der Waals surface area (Å²) in [5.41, 5.74) is 3.13. The van der Waals surface area contributed by atoms with E-state index in [-0.39, 0.29) is 11.8 Å². The summed E-state index contributed by atoms with van der Waals surface area (Å²) in [5, 5.41) is 2.81. The van der Waals surface area contributed by atoms with E-state index in [0.717, 1.165) is 16.8 Å². The van der Waals surface area contributed by atoms with Crippen molar-refractivity contribution in [2.24, 2.45) is 0 Å². The number of nitrogens with one attached hydrogen (secondary N) is 1. The fourth-order valence-electron chi connectivity index (χ4n) is 2.84. The third-order valence-electron chi connectivity index (χ3n) is 3.83. The van der Waals surface area contributed by atoms with Crippen LogP contribution in [0.25, 0.3) is 0 Å². The molecule has 2 heterocycles. The molecular formula is C17H17ClN2O2S. The number of carbonyl (C=O) groups excluding carboxylic acids is 2. The molecule has 1 N–H and O–H groups in total. The van der Waals surface area contributed by atoms with Crippen LogP contribution in [-0.4, -0.2) is 24.4 Å². The smallest absolute Gasteiger partial charge is 0.262 e. The summed E-state index contributed by atoms with van der Waals surface area (Å²) in [6.45, 7) is 4.63. The minimum Gasteiger partial charge on any atom is -0.339 e. The van der Waals surface area contributed by atoms with Gasteiger partial charge in [0, 0.05) is 12.2 Å². The van der Waals surface area contributed by atoms with E-state index in [1.165, 1.54) is 11.3 Å². The predicted molar refractivity (Wildman–Crippen MR) is 93.5 cm³/mol. The molecule has 1 aromatic carbocycles. The van der Waals surface area contributed by atoms with Crippen LogP contribution >= 0.6 is 22.9 Å². The number of hydrogen-bond acceptors (Lipinski definition) is 3. The Bertz CT molecular complexity index is 751. The van der Waals surface area contributed by atoms with E-state index < -0.39 is 6.04 Å². The first-order valence-electron chi connectivity index (χ1n) is 7.40. The van der Waals surface area contributed by atoms with Crippen molar-refractivity contribution in [1.82, 2.24) is 5.32 Å². The molecule has 1 aliphatic rings. The van der Waals surface area contributed by atoms with E-state index in [4.69, 9.17) is 11.6 Å². The van der Waals surface area contributed by atoms with Crippen LogP contribution in [0.1, 0.15) is 27.2 Å². The molecule has 1 saturated heterocycles. The Morgan fingerprint density at radius 3 is 2.57 bits per heavy atom. The lowest BCUT2D eigenvalue weighted by atomic mass is 10.1. The lowest BCUT2D eigenvalue weighted by Crippen LogP contribution is -2.41. The van der Waals surface area contributed by atoms with Gasteiger partial charge in [-0.2, -0.15) is 0 Å². The Balaban J connectivity index is 1.72. The molecule has 6 heteroatoms. The highest BCUT2D eigenvalue weighted by Gasteiger charge is 2.34. The number of aryl methyl sites for hydroxylation is 2. The van der Waals surface area contributed by atoms with Crippen molar-refractivity contribution in [3.05, 3.63) is 50.7 Å². The molecule has 1 fully saturated rings. The summed E-state index contributed by atoms with van der Waals surface area (Å²) in [7, 11) is 0. The first-order valence-corrected chi connectivity index (χ1v) is 8.59. The zero-order valence-corrected chi connectivity index (χ0v) is 14.5. The number of carbonyl (C=O) groups is 2. The summed E-state index contributed by atoms with van der Waals surface area (Å²) in [6, 6.07) is 8.93. The maximum atomic E-state index is 12.6. The van der Waals surface area contributed by atoms with Crippen molar-refractivity contribution in [2.75, 3.05) is 11.4 Å². The average Bonchev–Trinajstić information content (AvgIpc) is 3.05. The largest absolute Gasteiger partial charge is 0.339 e. The first-order chi connectivity index (χ1) is 10.9. The lowest BCUT2D eigenvalue weighted by Gasteiger charge is -2.18. The van der Waals surface area contributed by atoms with Gasteiger partial charge in [-0.1, -0.05) is 17.7 Å². The molecule has 0 aliphatic carbocycles. The number of hydrogen-bond donors (Lipinski definition) is 1. The number of benzene rings is 1. The molecule has 2 aromatic rings. The molecule has 0 radical (unpaired) electrons. The second-order valence-corrected chi connectivity index (χ2v) is 7.47. The summed E-state index contributed by atoms with van der Waals surface area (Å²) < 4.78 is 0.560. The second kappa shape index (κ2) is 6.34. The van der Waals surface area contributed by atoms with Crippen LogP contribution in [0.5, 0.6) is 0 Å². The lowest BCUT2D eigenvalue weighted by molar-refractivity contribution is -0.118. The first kappa shape index (κ1) is 16.0. The average molecular weight is 349 g/mol. The Morgan fingerprint density at radius 1 is 1.26 bits per heavy atom. The Hall–Kier alpha value is -1.85. The molecular weight excluding hydrogens is 332 g/mol. The van der Waals surface area contributed by atoms with Gasteiger partial charge < -0.3 is 10.2 Å². The van der Waals surface area contributed by atoms with Gasteiger partial charge in [0.2, 0.25) is 5.91 Å². The van der Waals surface area contributed by atoms with Gasteiger partial charge in [0.05, 0.1) is 9.21 Å². The van der Waals surface area contributed by atoms with Gasteiger partial charge in [0.25, 0.3) is 5.91 Å². The van der Waals surface area contributed by atoms with E-state index in [0.29, 0.717) is 22.2 Å². The monoisotopic (exact) mass is 348 g/mol. The van der Waals surface area contributed by atoms with Crippen molar-refractivity contribution < 1.29 is 9.59 Å². The molecule has 2 amide bonds. The van der Waals surface area contributed by atoms with Crippen molar-refractivity contribution in [2.45, 2.75) is 26.3 Å². The van der Waals surface area contributed by atoms with E-state index in [1.54, 1.807) is 17.0 Å². The normalized spacial score (nSPS) is 17.6. The number of halogens is 1. The fourth-order valence-corrected chi connectivity index (χ4v) is 3.79. The second-order valence-electron chi connectivity index (χ2n) is 5.75. The van der Waals surface area contributed by atoms with Crippen molar-refractivity contribution in [1.29, 1.82) is 0 Å². The number of thiophene rings is 1. The molecule has 23 heavy (non-hydrogen) atoms. The molecule has 0 spiro atoms. The maximum Gasteiger partial charge on any atom is 0.262 e. The molecule has 0 saturated carbocycles. The van der Waals surface area contributed by atoms with Gasteiger partial charge in [-0.3, -0.25) is 9.59 Å². The summed E-state index contributed by atoms with van der Waals surface area (Å²) in [4.78, 5) is 27.0. The summed E-state index contributed by atoms with van der Waals surface area (Å²) in [5.74, 6) is -0.312. The highest BCUT2D eigenvalue weighted by molar-refractivity contribution is 7.18. The SMILES string of the molecule is Cc1cc(C)cc(N2CC[C@H](NC(=O)c3ccc(Cl)s3)C2=O)c1. The predicted octanol–water partition coefficient (Wildman–Crippen LogP) is 3.55. The zero-order chi connectivity index (χ0) is 16.6. The summed E-state index contributed by atoms with van der Waals surface area (Å²) in [6.07, 6.45) is 0.608. The van der Waals surface area contributed by atoms with Gasteiger partial charge in [-0.05, 0) is 55.7 Å². The number of anilines is 1.